The molecular weight excluding hydrogens is 495 g/mol. The van der Waals surface area contributed by atoms with Gasteiger partial charge in [-0.3, -0.25) is 9.59 Å². The molecule has 13 heteroatoms. The van der Waals surface area contributed by atoms with Crippen LogP contribution in [0.5, 0.6) is 0 Å². The number of rotatable bonds is 9. The van der Waals surface area contributed by atoms with Crippen LogP contribution in [0.15, 0.2) is 47.4 Å². The average molecular weight is 517 g/mol. The number of sulfonamides is 1. The lowest BCUT2D eigenvalue weighted by atomic mass is 10.0. The highest BCUT2D eigenvalue weighted by atomic mass is 35.5. The summed E-state index contributed by atoms with van der Waals surface area (Å²) in [5.41, 5.74) is 5.77. The van der Waals surface area contributed by atoms with Crippen LogP contribution in [0.2, 0.25) is 10.0 Å². The van der Waals surface area contributed by atoms with Crippen LogP contribution in [0.4, 0.5) is 10.5 Å². The summed E-state index contributed by atoms with van der Waals surface area (Å²) in [6, 6.07) is 8.58. The number of amides is 3. The summed E-state index contributed by atoms with van der Waals surface area (Å²) in [5, 5.41) is 5.40. The topological polar surface area (TPSA) is 148 Å². The molecule has 4 N–H and O–H groups in total. The molecule has 33 heavy (non-hydrogen) atoms. The van der Waals surface area contributed by atoms with E-state index in [0.717, 1.165) is 4.31 Å². The molecule has 1 atom stereocenters. The summed E-state index contributed by atoms with van der Waals surface area (Å²) in [7, 11) is -1.01. The van der Waals surface area contributed by atoms with E-state index in [2.05, 4.69) is 10.6 Å². The van der Waals surface area contributed by atoms with E-state index in [-0.39, 0.29) is 22.0 Å². The number of nitrogens with one attached hydrogen (secondary N) is 2. The average Bonchev–Trinajstić information content (AvgIpc) is 2.73. The minimum absolute atomic E-state index is 0.0371. The van der Waals surface area contributed by atoms with Gasteiger partial charge in [0, 0.05) is 19.1 Å². The second-order valence-corrected chi connectivity index (χ2v) is 9.95. The molecule has 2 aromatic carbocycles. The number of anilines is 1. The standard InChI is InChI=1S/C20H22Cl2N4O6S/c1-26(2)33(30,31)14-7-8-15(22)17(9-14)24-18(27)11-32-19(28)10-16(25-20(23)29)12-3-5-13(21)6-4-12/h3-9,16H,10-11H2,1-2H3,(H,24,27)(H3,23,25,29). The normalized spacial score (nSPS) is 12.2. The third-order valence-corrected chi connectivity index (χ3v) is 6.71. The van der Waals surface area contributed by atoms with Crippen molar-refractivity contribution in [1.29, 1.82) is 0 Å². The first-order valence-electron chi connectivity index (χ1n) is 9.39. The van der Waals surface area contributed by atoms with Gasteiger partial charge >= 0.3 is 12.0 Å². The summed E-state index contributed by atoms with van der Waals surface area (Å²) >= 11 is 11.9. The lowest BCUT2D eigenvalue weighted by Gasteiger charge is -2.17. The van der Waals surface area contributed by atoms with Gasteiger partial charge in [-0.15, -0.1) is 0 Å². The number of carbonyl (C=O) groups is 3. The molecule has 0 radical (unpaired) electrons. The molecule has 0 aliphatic rings. The zero-order valence-corrected chi connectivity index (χ0v) is 20.0. The number of hydrogen-bond acceptors (Lipinski definition) is 6. The summed E-state index contributed by atoms with van der Waals surface area (Å²) in [4.78, 5) is 35.7. The van der Waals surface area contributed by atoms with Crippen LogP contribution in [0.1, 0.15) is 18.0 Å². The Bertz CT molecular complexity index is 1140. The predicted molar refractivity (Wildman–Crippen MR) is 123 cm³/mol. The number of esters is 1. The zero-order valence-electron chi connectivity index (χ0n) is 17.7. The number of nitrogens with zero attached hydrogens (tertiary/aromatic N) is 1. The van der Waals surface area contributed by atoms with Crippen LogP contribution in [0.25, 0.3) is 0 Å². The molecule has 0 aliphatic heterocycles. The molecule has 0 saturated carbocycles. The fraction of sp³-hybridized carbons (Fsp3) is 0.250. The van der Waals surface area contributed by atoms with E-state index in [1.54, 1.807) is 24.3 Å². The van der Waals surface area contributed by atoms with Gasteiger partial charge < -0.3 is 21.1 Å². The molecule has 0 heterocycles. The minimum atomic E-state index is -3.75. The quantitative estimate of drug-likeness (QED) is 0.436. The van der Waals surface area contributed by atoms with E-state index in [1.165, 1.54) is 32.3 Å². The van der Waals surface area contributed by atoms with E-state index in [1.807, 2.05) is 0 Å². The van der Waals surface area contributed by atoms with Crippen molar-refractivity contribution in [1.82, 2.24) is 9.62 Å². The predicted octanol–water partition coefficient (Wildman–Crippen LogP) is 2.53. The van der Waals surface area contributed by atoms with Crippen molar-refractivity contribution in [3.8, 4) is 0 Å². The summed E-state index contributed by atoms with van der Waals surface area (Å²) in [6.07, 6.45) is -0.296. The van der Waals surface area contributed by atoms with Gasteiger partial charge in [0.05, 0.1) is 28.1 Å². The Labute approximate surface area is 201 Å². The summed E-state index contributed by atoms with van der Waals surface area (Å²) in [5.74, 6) is -1.52. The van der Waals surface area contributed by atoms with E-state index >= 15 is 0 Å². The van der Waals surface area contributed by atoms with Crippen molar-refractivity contribution in [2.24, 2.45) is 5.73 Å². The maximum absolute atomic E-state index is 12.3. The Balaban J connectivity index is 2.01. The Morgan fingerprint density at radius 1 is 1.09 bits per heavy atom. The first kappa shape index (κ1) is 26.4. The maximum atomic E-state index is 12.3. The lowest BCUT2D eigenvalue weighted by Crippen LogP contribution is -2.35. The molecule has 0 spiro atoms. The third kappa shape index (κ3) is 7.60. The molecule has 0 aromatic heterocycles. The van der Waals surface area contributed by atoms with Crippen molar-refractivity contribution in [2.45, 2.75) is 17.4 Å². The number of hydrogen-bond donors (Lipinski definition) is 3. The molecule has 0 aliphatic carbocycles. The smallest absolute Gasteiger partial charge is 0.312 e. The van der Waals surface area contributed by atoms with Crippen LogP contribution in [0.3, 0.4) is 0 Å². The highest BCUT2D eigenvalue weighted by Gasteiger charge is 2.21. The number of nitrogens with two attached hydrogens (primary N) is 1. The monoisotopic (exact) mass is 516 g/mol. The van der Waals surface area contributed by atoms with Gasteiger partial charge in [0.2, 0.25) is 10.0 Å². The Kier molecular flexibility index (Phi) is 9.06. The zero-order chi connectivity index (χ0) is 24.8. The van der Waals surface area contributed by atoms with Gasteiger partial charge in [0.1, 0.15) is 0 Å². The number of ether oxygens (including phenoxy) is 1. The van der Waals surface area contributed by atoms with Crippen LogP contribution in [0, 0.1) is 0 Å². The van der Waals surface area contributed by atoms with Gasteiger partial charge in [0.15, 0.2) is 6.61 Å². The Hall–Kier alpha value is -2.86. The minimum Gasteiger partial charge on any atom is -0.455 e. The number of halogens is 2. The number of benzene rings is 2. The van der Waals surface area contributed by atoms with Crippen molar-refractivity contribution in [2.75, 3.05) is 26.0 Å². The van der Waals surface area contributed by atoms with Gasteiger partial charge in [-0.05, 0) is 35.9 Å². The van der Waals surface area contributed by atoms with Crippen LogP contribution >= 0.6 is 23.2 Å². The number of primary amides is 1. The molecule has 0 saturated heterocycles. The van der Waals surface area contributed by atoms with Gasteiger partial charge in [0.25, 0.3) is 5.91 Å². The molecule has 0 fully saturated rings. The van der Waals surface area contributed by atoms with Crippen molar-refractivity contribution < 1.29 is 27.5 Å². The second kappa shape index (κ2) is 11.3. The van der Waals surface area contributed by atoms with Crippen molar-refractivity contribution in [3.05, 3.63) is 58.1 Å². The highest BCUT2D eigenvalue weighted by molar-refractivity contribution is 7.89. The van der Waals surface area contributed by atoms with Gasteiger partial charge in [-0.1, -0.05) is 35.3 Å². The van der Waals surface area contributed by atoms with Crippen LogP contribution in [-0.2, 0) is 24.3 Å². The fourth-order valence-corrected chi connectivity index (χ4v) is 3.87. The van der Waals surface area contributed by atoms with E-state index in [0.29, 0.717) is 10.6 Å². The van der Waals surface area contributed by atoms with E-state index in [9.17, 15) is 22.8 Å². The summed E-state index contributed by atoms with van der Waals surface area (Å²) < 4.78 is 30.5. The molecular formula is C20H22Cl2N4O6S. The molecule has 2 rings (SSSR count). The Morgan fingerprint density at radius 2 is 1.73 bits per heavy atom. The van der Waals surface area contributed by atoms with Crippen molar-refractivity contribution >= 4 is 56.8 Å². The maximum Gasteiger partial charge on any atom is 0.312 e. The molecule has 178 valence electrons. The molecule has 2 aromatic rings. The van der Waals surface area contributed by atoms with E-state index < -0.39 is 40.6 Å². The largest absolute Gasteiger partial charge is 0.455 e. The molecule has 0 bridgehead atoms. The van der Waals surface area contributed by atoms with Gasteiger partial charge in [-0.25, -0.2) is 17.5 Å². The van der Waals surface area contributed by atoms with Crippen molar-refractivity contribution in [3.63, 3.8) is 0 Å². The SMILES string of the molecule is CN(C)S(=O)(=O)c1ccc(Cl)c(NC(=O)COC(=O)CC(NC(N)=O)c2ccc(Cl)cc2)c1. The molecule has 1 unspecified atom stereocenters. The number of carbonyl (C=O) groups excluding carboxylic acids is 3. The first-order valence-corrected chi connectivity index (χ1v) is 11.6. The summed E-state index contributed by atoms with van der Waals surface area (Å²) in [6.45, 7) is -0.663. The van der Waals surface area contributed by atoms with Crippen LogP contribution in [-0.4, -0.2) is 51.3 Å². The van der Waals surface area contributed by atoms with Crippen LogP contribution < -0.4 is 16.4 Å². The second-order valence-electron chi connectivity index (χ2n) is 6.95. The molecule has 3 amide bonds. The Morgan fingerprint density at radius 3 is 2.30 bits per heavy atom. The first-order chi connectivity index (χ1) is 15.4. The molecule has 10 nitrogen and oxygen atoms in total. The lowest BCUT2D eigenvalue weighted by molar-refractivity contribution is -0.147. The third-order valence-electron chi connectivity index (χ3n) is 4.31. The van der Waals surface area contributed by atoms with E-state index in [4.69, 9.17) is 33.7 Å². The highest BCUT2D eigenvalue weighted by Crippen LogP contribution is 2.26. The fourth-order valence-electron chi connectivity index (χ4n) is 2.65. The number of urea groups is 1. The van der Waals surface area contributed by atoms with Gasteiger partial charge in [-0.2, -0.15) is 0 Å².